The molecule has 0 aliphatic carbocycles. The van der Waals surface area contributed by atoms with Gasteiger partial charge in [-0.1, -0.05) is 25.2 Å². The predicted octanol–water partition coefficient (Wildman–Crippen LogP) is 3.51. The number of sulfonamides is 1. The fourth-order valence-corrected chi connectivity index (χ4v) is 5.57. The van der Waals surface area contributed by atoms with E-state index in [0.717, 1.165) is 29.9 Å². The molecule has 0 radical (unpaired) electrons. The van der Waals surface area contributed by atoms with E-state index in [1.165, 1.54) is 12.1 Å². The molecule has 0 spiro atoms. The molecule has 1 aromatic carbocycles. The summed E-state index contributed by atoms with van der Waals surface area (Å²) in [5.74, 6) is 0.234. The number of aryl methyl sites for hydroxylation is 1. The maximum Gasteiger partial charge on any atom is 0.265 e. The highest BCUT2D eigenvalue weighted by atomic mass is 32.2. The van der Waals surface area contributed by atoms with Gasteiger partial charge in [-0.2, -0.15) is 0 Å². The lowest BCUT2D eigenvalue weighted by molar-refractivity contribution is 0.0627. The summed E-state index contributed by atoms with van der Waals surface area (Å²) in [6.45, 7) is 7.32. The van der Waals surface area contributed by atoms with E-state index < -0.39 is 15.8 Å². The number of thiazole rings is 1. The van der Waals surface area contributed by atoms with Crippen LogP contribution in [0, 0.1) is 24.6 Å². The minimum absolute atomic E-state index is 0.0664. The van der Waals surface area contributed by atoms with Crippen LogP contribution >= 0.6 is 11.3 Å². The Morgan fingerprint density at radius 3 is 2.41 bits per heavy atom. The average molecular weight is 412 g/mol. The smallest absolute Gasteiger partial charge is 0.265 e. The Hall–Kier alpha value is -2.00. The van der Waals surface area contributed by atoms with Gasteiger partial charge in [-0.3, -0.25) is 9.52 Å². The van der Waals surface area contributed by atoms with Gasteiger partial charge >= 0.3 is 0 Å². The molecule has 2 unspecified atom stereocenters. The van der Waals surface area contributed by atoms with E-state index in [1.807, 2.05) is 4.90 Å². The summed E-state index contributed by atoms with van der Waals surface area (Å²) in [4.78, 5) is 19.3. The minimum Gasteiger partial charge on any atom is -0.337 e. The molecule has 1 aromatic heterocycles. The number of hydrogen-bond donors (Lipinski definition) is 1. The minimum atomic E-state index is -3.90. The van der Waals surface area contributed by atoms with E-state index in [9.17, 15) is 17.6 Å². The first-order chi connectivity index (χ1) is 12.7. The molecular formula is C18H22FN3O3S2. The lowest BCUT2D eigenvalue weighted by Gasteiger charge is -2.34. The number of piperidine rings is 1. The third-order valence-electron chi connectivity index (χ3n) is 4.49. The number of carbonyl (C=O) groups excluding carboxylic acids is 1. The number of benzene rings is 1. The van der Waals surface area contributed by atoms with Crippen LogP contribution in [0.25, 0.3) is 0 Å². The molecule has 1 N–H and O–H groups in total. The third kappa shape index (κ3) is 4.47. The molecule has 0 bridgehead atoms. The van der Waals surface area contributed by atoms with Gasteiger partial charge in [0.1, 0.15) is 10.7 Å². The first kappa shape index (κ1) is 19.8. The Morgan fingerprint density at radius 1 is 1.22 bits per heavy atom. The summed E-state index contributed by atoms with van der Waals surface area (Å²) in [5, 5.41) is 0.123. The average Bonchev–Trinajstić information content (AvgIpc) is 2.93. The van der Waals surface area contributed by atoms with Gasteiger partial charge in [0.15, 0.2) is 5.13 Å². The van der Waals surface area contributed by atoms with Crippen molar-refractivity contribution in [1.82, 2.24) is 9.88 Å². The number of halogens is 1. The van der Waals surface area contributed by atoms with Crippen molar-refractivity contribution in [3.63, 3.8) is 0 Å². The molecule has 2 aromatic rings. The number of likely N-dealkylation sites (tertiary alicyclic amines) is 1. The highest BCUT2D eigenvalue weighted by molar-refractivity contribution is 7.93. The molecule has 1 aliphatic heterocycles. The van der Waals surface area contributed by atoms with Gasteiger partial charge in [-0.25, -0.2) is 17.8 Å². The zero-order valence-corrected chi connectivity index (χ0v) is 17.0. The number of anilines is 1. The lowest BCUT2D eigenvalue weighted by Crippen LogP contribution is -2.42. The van der Waals surface area contributed by atoms with Gasteiger partial charge in [0.2, 0.25) is 0 Å². The van der Waals surface area contributed by atoms with Gasteiger partial charge in [-0.05, 0) is 49.4 Å². The van der Waals surface area contributed by atoms with Crippen molar-refractivity contribution < 1.29 is 17.6 Å². The molecule has 146 valence electrons. The zero-order valence-electron chi connectivity index (χ0n) is 15.4. The molecule has 1 aliphatic rings. The second-order valence-corrected chi connectivity index (χ2v) is 9.83. The monoisotopic (exact) mass is 411 g/mol. The molecule has 0 saturated carbocycles. The zero-order chi connectivity index (χ0) is 19.8. The van der Waals surface area contributed by atoms with Crippen LogP contribution in [-0.2, 0) is 10.0 Å². The normalized spacial score (nSPS) is 20.5. The van der Waals surface area contributed by atoms with Crippen LogP contribution < -0.4 is 4.72 Å². The molecule has 2 atom stereocenters. The van der Waals surface area contributed by atoms with Crippen LogP contribution in [0.1, 0.15) is 35.6 Å². The first-order valence-corrected chi connectivity index (χ1v) is 11.0. The Bertz CT molecular complexity index is 931. The summed E-state index contributed by atoms with van der Waals surface area (Å²) >= 11 is 1.02. The molecular weight excluding hydrogens is 389 g/mol. The highest BCUT2D eigenvalue weighted by Gasteiger charge is 2.29. The Kier molecular flexibility index (Phi) is 5.53. The number of amides is 1. The molecule has 6 nitrogen and oxygen atoms in total. The largest absolute Gasteiger partial charge is 0.337 e. The summed E-state index contributed by atoms with van der Waals surface area (Å²) in [7, 11) is -3.90. The van der Waals surface area contributed by atoms with Crippen LogP contribution in [0.4, 0.5) is 9.52 Å². The topological polar surface area (TPSA) is 79.4 Å². The maximum absolute atomic E-state index is 13.0. The fraction of sp³-hybridized carbons (Fsp3) is 0.444. The highest BCUT2D eigenvalue weighted by Crippen LogP contribution is 2.29. The SMILES string of the molecule is Cc1nc(NS(=O)(=O)c2ccc(F)cc2)sc1C(=O)N1CC(C)CC(C)C1. The van der Waals surface area contributed by atoms with E-state index in [0.29, 0.717) is 35.5 Å². The lowest BCUT2D eigenvalue weighted by atomic mass is 9.92. The van der Waals surface area contributed by atoms with Crippen molar-refractivity contribution in [3.8, 4) is 0 Å². The number of rotatable bonds is 4. The number of nitrogens with zero attached hydrogens (tertiary/aromatic N) is 2. The van der Waals surface area contributed by atoms with Gasteiger partial charge in [0, 0.05) is 13.1 Å². The van der Waals surface area contributed by atoms with Crippen molar-refractivity contribution in [2.75, 3.05) is 17.8 Å². The van der Waals surface area contributed by atoms with Crippen LogP contribution in [0.5, 0.6) is 0 Å². The maximum atomic E-state index is 13.0. The third-order valence-corrected chi connectivity index (χ3v) is 7.04. The molecule has 9 heteroatoms. The van der Waals surface area contributed by atoms with E-state index in [2.05, 4.69) is 23.6 Å². The molecule has 3 rings (SSSR count). The summed E-state index contributed by atoms with van der Waals surface area (Å²) in [6, 6.07) is 4.52. The van der Waals surface area contributed by atoms with Gasteiger partial charge in [0.05, 0.1) is 10.6 Å². The summed E-state index contributed by atoms with van der Waals surface area (Å²) < 4.78 is 40.2. The van der Waals surface area contributed by atoms with Crippen LogP contribution in [-0.4, -0.2) is 37.3 Å². The number of hydrogen-bond acceptors (Lipinski definition) is 5. The van der Waals surface area contributed by atoms with E-state index in [1.54, 1.807) is 6.92 Å². The summed E-state index contributed by atoms with van der Waals surface area (Å²) in [5.41, 5.74) is 0.493. The molecule has 1 fully saturated rings. The second kappa shape index (κ2) is 7.55. The molecule has 1 saturated heterocycles. The van der Waals surface area contributed by atoms with Crippen molar-refractivity contribution in [3.05, 3.63) is 40.7 Å². The molecule has 2 heterocycles. The van der Waals surface area contributed by atoms with Crippen LogP contribution in [0.2, 0.25) is 0 Å². The van der Waals surface area contributed by atoms with Gasteiger partial charge in [0.25, 0.3) is 15.9 Å². The molecule has 1 amide bonds. The predicted molar refractivity (Wildman–Crippen MR) is 103 cm³/mol. The number of nitrogens with one attached hydrogen (secondary N) is 1. The van der Waals surface area contributed by atoms with E-state index in [4.69, 9.17) is 0 Å². The Balaban J connectivity index is 1.80. The fourth-order valence-electron chi connectivity index (χ4n) is 3.40. The van der Waals surface area contributed by atoms with Crippen LogP contribution in [0.3, 0.4) is 0 Å². The van der Waals surface area contributed by atoms with E-state index >= 15 is 0 Å². The van der Waals surface area contributed by atoms with Crippen LogP contribution in [0.15, 0.2) is 29.2 Å². The van der Waals surface area contributed by atoms with Crippen molar-refractivity contribution >= 4 is 32.4 Å². The second-order valence-electron chi connectivity index (χ2n) is 7.15. The molecule has 27 heavy (non-hydrogen) atoms. The van der Waals surface area contributed by atoms with Crippen molar-refractivity contribution in [1.29, 1.82) is 0 Å². The Labute approximate surface area is 162 Å². The number of aromatic nitrogens is 1. The van der Waals surface area contributed by atoms with Gasteiger partial charge < -0.3 is 4.90 Å². The quantitative estimate of drug-likeness (QED) is 0.835. The first-order valence-electron chi connectivity index (χ1n) is 8.71. The summed E-state index contributed by atoms with van der Waals surface area (Å²) in [6.07, 6.45) is 1.09. The van der Waals surface area contributed by atoms with Crippen molar-refractivity contribution in [2.45, 2.75) is 32.1 Å². The van der Waals surface area contributed by atoms with Gasteiger partial charge in [-0.15, -0.1) is 0 Å². The standard InChI is InChI=1S/C18H22FN3O3S2/c1-11-8-12(2)10-22(9-11)17(23)16-13(3)20-18(26-16)21-27(24,25)15-6-4-14(19)5-7-15/h4-7,11-12H,8-10H2,1-3H3,(H,20,21). The number of carbonyl (C=O) groups is 1. The Morgan fingerprint density at radius 2 is 1.81 bits per heavy atom. The van der Waals surface area contributed by atoms with E-state index in [-0.39, 0.29) is 15.9 Å². The van der Waals surface area contributed by atoms with Crippen molar-refractivity contribution in [2.24, 2.45) is 11.8 Å².